The predicted octanol–water partition coefficient (Wildman–Crippen LogP) is 4.35. The van der Waals surface area contributed by atoms with E-state index in [1.807, 2.05) is 13.8 Å². The summed E-state index contributed by atoms with van der Waals surface area (Å²) < 4.78 is 11.1. The summed E-state index contributed by atoms with van der Waals surface area (Å²) in [6.07, 6.45) is 1.78. The van der Waals surface area contributed by atoms with Crippen molar-refractivity contribution in [1.82, 2.24) is 5.32 Å². The fourth-order valence-electron chi connectivity index (χ4n) is 2.91. The lowest BCUT2D eigenvalue weighted by atomic mass is 10.00. The zero-order chi connectivity index (χ0) is 20.5. The highest BCUT2D eigenvalue weighted by molar-refractivity contribution is 5.78. The van der Waals surface area contributed by atoms with Crippen molar-refractivity contribution in [3.05, 3.63) is 59.2 Å². The molecule has 1 amide bonds. The van der Waals surface area contributed by atoms with E-state index < -0.39 is 0 Å². The van der Waals surface area contributed by atoms with Gasteiger partial charge in [0.05, 0.1) is 12.6 Å². The second-order valence-electron chi connectivity index (χ2n) is 7.17. The van der Waals surface area contributed by atoms with E-state index in [1.54, 1.807) is 18.2 Å². The maximum atomic E-state index is 12.3. The van der Waals surface area contributed by atoms with Gasteiger partial charge in [0.15, 0.2) is 18.1 Å². The van der Waals surface area contributed by atoms with Crippen molar-refractivity contribution in [3.8, 4) is 11.5 Å². The zero-order valence-corrected chi connectivity index (χ0v) is 17.0. The van der Waals surface area contributed by atoms with Crippen LogP contribution in [0.4, 0.5) is 0 Å². The molecule has 0 fully saturated rings. The zero-order valence-electron chi connectivity index (χ0n) is 17.0. The Hall–Kier alpha value is -2.82. The van der Waals surface area contributed by atoms with Gasteiger partial charge in [0.2, 0.25) is 0 Å². The summed E-state index contributed by atoms with van der Waals surface area (Å²) in [5.74, 6) is 1.28. The topological polar surface area (TPSA) is 64.6 Å². The van der Waals surface area contributed by atoms with E-state index in [0.29, 0.717) is 29.6 Å². The minimum atomic E-state index is -0.222. The van der Waals surface area contributed by atoms with Crippen LogP contribution in [0.5, 0.6) is 11.5 Å². The lowest BCUT2D eigenvalue weighted by molar-refractivity contribution is -0.123. The lowest BCUT2D eigenvalue weighted by Gasteiger charge is -2.16. The van der Waals surface area contributed by atoms with E-state index in [2.05, 4.69) is 43.4 Å². The van der Waals surface area contributed by atoms with Gasteiger partial charge >= 0.3 is 0 Å². The van der Waals surface area contributed by atoms with Gasteiger partial charge in [-0.3, -0.25) is 9.59 Å². The minimum Gasteiger partial charge on any atom is -0.490 e. The Morgan fingerprint density at radius 1 is 1.04 bits per heavy atom. The number of hydrogen-bond donors (Lipinski definition) is 1. The molecular formula is C23H29NO4. The molecule has 0 saturated carbocycles. The van der Waals surface area contributed by atoms with Gasteiger partial charge in [-0.05, 0) is 55.5 Å². The summed E-state index contributed by atoms with van der Waals surface area (Å²) in [5.41, 5.74) is 2.84. The van der Waals surface area contributed by atoms with Crippen LogP contribution in [0.2, 0.25) is 0 Å². The number of carbonyl (C=O) groups excluding carboxylic acids is 2. The standard InChI is InChI=1S/C23H29NO4/c1-5-27-22-13-19(14-25)8-11-21(22)28-15-23(26)24-17(4)20-9-6-18(7-10-20)12-16(2)3/h6-11,13-14,16-17H,5,12,15H2,1-4H3,(H,24,26)/t17-/m0/s1. The van der Waals surface area contributed by atoms with Gasteiger partial charge < -0.3 is 14.8 Å². The molecule has 0 aromatic heterocycles. The third-order valence-electron chi connectivity index (χ3n) is 4.26. The van der Waals surface area contributed by atoms with Gasteiger partial charge in [-0.2, -0.15) is 0 Å². The van der Waals surface area contributed by atoms with Crippen molar-refractivity contribution >= 4 is 12.2 Å². The minimum absolute atomic E-state index is 0.118. The van der Waals surface area contributed by atoms with Crippen LogP contribution in [0.3, 0.4) is 0 Å². The molecule has 2 aromatic carbocycles. The monoisotopic (exact) mass is 383 g/mol. The average molecular weight is 383 g/mol. The fraction of sp³-hybridized carbons (Fsp3) is 0.391. The van der Waals surface area contributed by atoms with E-state index in [4.69, 9.17) is 9.47 Å². The van der Waals surface area contributed by atoms with E-state index in [-0.39, 0.29) is 18.6 Å². The first kappa shape index (κ1) is 21.5. The molecule has 0 radical (unpaired) electrons. The third kappa shape index (κ3) is 6.41. The molecule has 0 aliphatic rings. The Balaban J connectivity index is 1.92. The Kier molecular flexibility index (Phi) is 8.05. The van der Waals surface area contributed by atoms with Crippen LogP contribution in [0.15, 0.2) is 42.5 Å². The van der Waals surface area contributed by atoms with Crippen LogP contribution in [0.1, 0.15) is 55.2 Å². The van der Waals surface area contributed by atoms with Gasteiger partial charge in [-0.1, -0.05) is 38.1 Å². The van der Waals surface area contributed by atoms with Gasteiger partial charge in [-0.25, -0.2) is 0 Å². The Labute approximate surface area is 167 Å². The van der Waals surface area contributed by atoms with Crippen LogP contribution in [-0.2, 0) is 11.2 Å². The Morgan fingerprint density at radius 3 is 2.36 bits per heavy atom. The summed E-state index contributed by atoms with van der Waals surface area (Å²) in [6, 6.07) is 13.1. The van der Waals surface area contributed by atoms with E-state index in [9.17, 15) is 9.59 Å². The molecule has 5 heteroatoms. The van der Waals surface area contributed by atoms with Crippen molar-refractivity contribution in [2.24, 2.45) is 5.92 Å². The van der Waals surface area contributed by atoms with Crippen LogP contribution >= 0.6 is 0 Å². The molecular weight excluding hydrogens is 354 g/mol. The molecule has 5 nitrogen and oxygen atoms in total. The molecule has 0 unspecified atom stereocenters. The third-order valence-corrected chi connectivity index (χ3v) is 4.26. The lowest BCUT2D eigenvalue weighted by Crippen LogP contribution is -2.31. The van der Waals surface area contributed by atoms with Crippen LogP contribution in [-0.4, -0.2) is 25.4 Å². The molecule has 0 heterocycles. The quantitative estimate of drug-likeness (QED) is 0.620. The van der Waals surface area contributed by atoms with Crippen LogP contribution < -0.4 is 14.8 Å². The summed E-state index contributed by atoms with van der Waals surface area (Å²) in [4.78, 5) is 23.2. The average Bonchev–Trinajstić information content (AvgIpc) is 2.67. The molecule has 0 aliphatic heterocycles. The second kappa shape index (κ2) is 10.5. The van der Waals surface area contributed by atoms with E-state index in [0.717, 1.165) is 18.3 Å². The first-order chi connectivity index (χ1) is 13.4. The number of rotatable bonds is 10. The molecule has 0 bridgehead atoms. The number of amides is 1. The molecule has 2 aromatic rings. The molecule has 28 heavy (non-hydrogen) atoms. The first-order valence-corrected chi connectivity index (χ1v) is 9.66. The predicted molar refractivity (Wildman–Crippen MR) is 110 cm³/mol. The molecule has 0 aliphatic carbocycles. The van der Waals surface area contributed by atoms with Crippen molar-refractivity contribution in [1.29, 1.82) is 0 Å². The van der Waals surface area contributed by atoms with Gasteiger partial charge in [0.1, 0.15) is 6.29 Å². The highest BCUT2D eigenvalue weighted by atomic mass is 16.5. The SMILES string of the molecule is CCOc1cc(C=O)ccc1OCC(=O)N[C@@H](C)c1ccc(CC(C)C)cc1. The molecule has 2 rings (SSSR count). The maximum Gasteiger partial charge on any atom is 0.258 e. The summed E-state index contributed by atoms with van der Waals surface area (Å²) in [6.45, 7) is 8.49. The molecule has 150 valence electrons. The van der Waals surface area contributed by atoms with Crippen LogP contribution in [0.25, 0.3) is 0 Å². The van der Waals surface area contributed by atoms with Crippen molar-refractivity contribution < 1.29 is 19.1 Å². The number of nitrogens with one attached hydrogen (secondary N) is 1. The Bertz CT molecular complexity index is 784. The van der Waals surface area contributed by atoms with Gasteiger partial charge in [0, 0.05) is 5.56 Å². The highest BCUT2D eigenvalue weighted by Crippen LogP contribution is 2.28. The van der Waals surface area contributed by atoms with Crippen molar-refractivity contribution in [2.75, 3.05) is 13.2 Å². The smallest absolute Gasteiger partial charge is 0.258 e. The van der Waals surface area contributed by atoms with E-state index >= 15 is 0 Å². The van der Waals surface area contributed by atoms with E-state index in [1.165, 1.54) is 5.56 Å². The molecule has 1 atom stereocenters. The molecule has 0 spiro atoms. The largest absolute Gasteiger partial charge is 0.490 e. The van der Waals surface area contributed by atoms with Gasteiger partial charge in [-0.15, -0.1) is 0 Å². The number of benzene rings is 2. The summed E-state index contributed by atoms with van der Waals surface area (Å²) >= 11 is 0. The number of carbonyl (C=O) groups is 2. The number of ether oxygens (including phenoxy) is 2. The maximum absolute atomic E-state index is 12.3. The number of hydrogen-bond acceptors (Lipinski definition) is 4. The summed E-state index contributed by atoms with van der Waals surface area (Å²) in [5, 5.41) is 2.94. The first-order valence-electron chi connectivity index (χ1n) is 9.66. The Morgan fingerprint density at radius 2 is 1.75 bits per heavy atom. The van der Waals surface area contributed by atoms with Crippen LogP contribution in [0, 0.1) is 5.92 Å². The summed E-state index contributed by atoms with van der Waals surface area (Å²) in [7, 11) is 0. The number of aldehydes is 1. The normalized spacial score (nSPS) is 11.8. The molecule has 0 saturated heterocycles. The van der Waals surface area contributed by atoms with Crippen molar-refractivity contribution in [3.63, 3.8) is 0 Å². The molecule has 1 N–H and O–H groups in total. The highest BCUT2D eigenvalue weighted by Gasteiger charge is 2.12. The fourth-order valence-corrected chi connectivity index (χ4v) is 2.91. The second-order valence-corrected chi connectivity index (χ2v) is 7.17. The van der Waals surface area contributed by atoms with Gasteiger partial charge in [0.25, 0.3) is 5.91 Å². The van der Waals surface area contributed by atoms with Crippen molar-refractivity contribution in [2.45, 2.75) is 40.2 Å².